The second-order valence-electron chi connectivity index (χ2n) is 4.01. The number of nitrogen functional groups attached to an aromatic ring is 1. The van der Waals surface area contributed by atoms with Gasteiger partial charge in [-0.15, -0.1) is 0 Å². The predicted octanol–water partition coefficient (Wildman–Crippen LogP) is 1.10. The maximum Gasteiger partial charge on any atom is 0.244 e. The van der Waals surface area contributed by atoms with Gasteiger partial charge in [-0.3, -0.25) is 9.97 Å². The SMILES string of the molecule is CC(NS(=O)(=O)c1cnccc1N)c1ccccn1. The Morgan fingerprint density at radius 2 is 2.05 bits per heavy atom. The zero-order valence-electron chi connectivity index (χ0n) is 10.3. The lowest BCUT2D eigenvalue weighted by atomic mass is 10.2. The van der Waals surface area contributed by atoms with E-state index >= 15 is 0 Å². The summed E-state index contributed by atoms with van der Waals surface area (Å²) in [6, 6.07) is 6.31. The van der Waals surface area contributed by atoms with E-state index in [1.54, 1.807) is 31.3 Å². The molecule has 0 aliphatic rings. The number of anilines is 1. The topological polar surface area (TPSA) is 98.0 Å². The van der Waals surface area contributed by atoms with Crippen molar-refractivity contribution in [2.24, 2.45) is 0 Å². The molecule has 0 spiro atoms. The molecule has 0 aromatic carbocycles. The van der Waals surface area contributed by atoms with Gasteiger partial charge in [-0.1, -0.05) is 6.07 Å². The molecule has 1 unspecified atom stereocenters. The molecule has 3 N–H and O–H groups in total. The molecule has 2 rings (SSSR count). The highest BCUT2D eigenvalue weighted by Gasteiger charge is 2.21. The Balaban J connectivity index is 2.26. The number of rotatable bonds is 4. The molecule has 19 heavy (non-hydrogen) atoms. The molecule has 2 heterocycles. The summed E-state index contributed by atoms with van der Waals surface area (Å²) in [4.78, 5) is 7.85. The van der Waals surface area contributed by atoms with Crippen molar-refractivity contribution < 1.29 is 8.42 Å². The lowest BCUT2D eigenvalue weighted by molar-refractivity contribution is 0.564. The van der Waals surface area contributed by atoms with Crippen LogP contribution >= 0.6 is 0 Å². The number of aromatic nitrogens is 2. The minimum atomic E-state index is -3.72. The number of hydrogen-bond acceptors (Lipinski definition) is 5. The Kier molecular flexibility index (Phi) is 3.77. The normalized spacial score (nSPS) is 13.1. The Morgan fingerprint density at radius 3 is 2.68 bits per heavy atom. The van der Waals surface area contributed by atoms with Crippen molar-refractivity contribution in [2.75, 3.05) is 5.73 Å². The summed E-state index contributed by atoms with van der Waals surface area (Å²) in [6.07, 6.45) is 4.28. The molecule has 0 saturated heterocycles. The average Bonchev–Trinajstić information content (AvgIpc) is 2.39. The average molecular weight is 278 g/mol. The molecule has 0 fully saturated rings. The van der Waals surface area contributed by atoms with Gasteiger partial charge in [0.15, 0.2) is 0 Å². The number of nitrogens with zero attached hydrogens (tertiary/aromatic N) is 2. The summed E-state index contributed by atoms with van der Waals surface area (Å²) >= 11 is 0. The molecule has 0 aliphatic heterocycles. The number of hydrogen-bond donors (Lipinski definition) is 2. The Labute approximate surface area is 111 Å². The van der Waals surface area contributed by atoms with E-state index in [-0.39, 0.29) is 10.6 Å². The zero-order valence-corrected chi connectivity index (χ0v) is 11.1. The number of nitrogens with two attached hydrogens (primary N) is 1. The standard InChI is InChI=1S/C12H14N4O2S/c1-9(11-4-2-3-6-15-11)16-19(17,18)12-8-14-7-5-10(12)13/h2-9,16H,1H3,(H2,13,14). The zero-order chi connectivity index (χ0) is 13.9. The van der Waals surface area contributed by atoms with Crippen molar-refractivity contribution in [3.8, 4) is 0 Å². The summed E-state index contributed by atoms with van der Waals surface area (Å²) < 4.78 is 26.9. The summed E-state index contributed by atoms with van der Waals surface area (Å²) in [5.41, 5.74) is 6.44. The fourth-order valence-electron chi connectivity index (χ4n) is 1.60. The highest BCUT2D eigenvalue weighted by atomic mass is 32.2. The minimum absolute atomic E-state index is 0.0298. The second-order valence-corrected chi connectivity index (χ2v) is 5.69. The van der Waals surface area contributed by atoms with E-state index in [2.05, 4.69) is 14.7 Å². The minimum Gasteiger partial charge on any atom is -0.398 e. The van der Waals surface area contributed by atoms with E-state index in [4.69, 9.17) is 5.73 Å². The Hall–Kier alpha value is -1.99. The van der Waals surface area contributed by atoms with Gasteiger partial charge in [0.05, 0.1) is 17.4 Å². The summed E-state index contributed by atoms with van der Waals surface area (Å²) in [5, 5.41) is 0. The third-order valence-electron chi connectivity index (χ3n) is 2.57. The third kappa shape index (κ3) is 3.07. The lowest BCUT2D eigenvalue weighted by Gasteiger charge is -2.14. The fourth-order valence-corrected chi connectivity index (χ4v) is 2.90. The highest BCUT2D eigenvalue weighted by Crippen LogP contribution is 2.19. The van der Waals surface area contributed by atoms with Crippen molar-refractivity contribution >= 4 is 15.7 Å². The molecule has 1 atom stereocenters. The van der Waals surface area contributed by atoms with E-state index in [1.165, 1.54) is 18.5 Å². The van der Waals surface area contributed by atoms with E-state index in [0.29, 0.717) is 5.69 Å². The van der Waals surface area contributed by atoms with E-state index in [1.807, 2.05) is 0 Å². The summed E-state index contributed by atoms with van der Waals surface area (Å²) in [7, 11) is -3.72. The fraction of sp³-hybridized carbons (Fsp3) is 0.167. The quantitative estimate of drug-likeness (QED) is 0.872. The van der Waals surface area contributed by atoms with Gasteiger partial charge < -0.3 is 5.73 Å². The van der Waals surface area contributed by atoms with Crippen molar-refractivity contribution in [1.29, 1.82) is 0 Å². The van der Waals surface area contributed by atoms with Gasteiger partial charge in [0, 0.05) is 18.6 Å². The van der Waals surface area contributed by atoms with Gasteiger partial charge in [0.2, 0.25) is 10.0 Å². The monoisotopic (exact) mass is 278 g/mol. The van der Waals surface area contributed by atoms with Crippen molar-refractivity contribution in [3.63, 3.8) is 0 Å². The largest absolute Gasteiger partial charge is 0.398 e. The van der Waals surface area contributed by atoms with Crippen LogP contribution in [0.15, 0.2) is 47.8 Å². The first kappa shape index (κ1) is 13.4. The molecule has 2 aromatic heterocycles. The van der Waals surface area contributed by atoms with Crippen LogP contribution in [0.1, 0.15) is 18.7 Å². The third-order valence-corrected chi connectivity index (χ3v) is 4.15. The van der Waals surface area contributed by atoms with Crippen LogP contribution in [0.25, 0.3) is 0 Å². The molecule has 2 aromatic rings. The molecule has 0 radical (unpaired) electrons. The van der Waals surface area contributed by atoms with Crippen LogP contribution in [-0.2, 0) is 10.0 Å². The predicted molar refractivity (Wildman–Crippen MR) is 71.6 cm³/mol. The van der Waals surface area contributed by atoms with Crippen LogP contribution in [0.5, 0.6) is 0 Å². The second kappa shape index (κ2) is 5.33. The van der Waals surface area contributed by atoms with Gasteiger partial charge in [-0.05, 0) is 25.1 Å². The first-order valence-electron chi connectivity index (χ1n) is 5.63. The maximum atomic E-state index is 12.2. The van der Waals surface area contributed by atoms with Gasteiger partial charge in [-0.25, -0.2) is 13.1 Å². The molecule has 100 valence electrons. The number of nitrogens with one attached hydrogen (secondary N) is 1. The van der Waals surface area contributed by atoms with E-state index < -0.39 is 16.1 Å². The molecule has 0 bridgehead atoms. The number of pyridine rings is 2. The van der Waals surface area contributed by atoms with E-state index in [0.717, 1.165) is 0 Å². The van der Waals surface area contributed by atoms with Crippen molar-refractivity contribution in [1.82, 2.24) is 14.7 Å². The van der Waals surface area contributed by atoms with Crippen LogP contribution < -0.4 is 10.5 Å². The number of sulfonamides is 1. The Morgan fingerprint density at radius 1 is 1.26 bits per heavy atom. The first-order valence-corrected chi connectivity index (χ1v) is 7.12. The smallest absolute Gasteiger partial charge is 0.244 e. The van der Waals surface area contributed by atoms with Crippen LogP contribution in [0, 0.1) is 0 Å². The first-order chi connectivity index (χ1) is 9.00. The summed E-state index contributed by atoms with van der Waals surface area (Å²) in [6.45, 7) is 1.71. The van der Waals surface area contributed by atoms with Crippen molar-refractivity contribution in [3.05, 3.63) is 48.5 Å². The maximum absolute atomic E-state index is 12.2. The van der Waals surface area contributed by atoms with Crippen molar-refractivity contribution in [2.45, 2.75) is 17.9 Å². The molecular formula is C12H14N4O2S. The van der Waals surface area contributed by atoms with Crippen LogP contribution in [0.3, 0.4) is 0 Å². The molecule has 0 aliphatic carbocycles. The van der Waals surface area contributed by atoms with Gasteiger partial charge in [0.1, 0.15) is 4.90 Å². The van der Waals surface area contributed by atoms with E-state index in [9.17, 15) is 8.42 Å². The highest BCUT2D eigenvalue weighted by molar-refractivity contribution is 7.89. The molecule has 7 heteroatoms. The van der Waals surface area contributed by atoms with Gasteiger partial charge in [0.25, 0.3) is 0 Å². The molecule has 6 nitrogen and oxygen atoms in total. The van der Waals surface area contributed by atoms with Crippen LogP contribution in [0.4, 0.5) is 5.69 Å². The molecule has 0 amide bonds. The van der Waals surface area contributed by atoms with Gasteiger partial charge in [-0.2, -0.15) is 0 Å². The Bertz CT molecular complexity index is 658. The molecule has 0 saturated carbocycles. The summed E-state index contributed by atoms with van der Waals surface area (Å²) in [5.74, 6) is 0. The lowest BCUT2D eigenvalue weighted by Crippen LogP contribution is -2.28. The molecular weight excluding hydrogens is 264 g/mol. The van der Waals surface area contributed by atoms with Gasteiger partial charge >= 0.3 is 0 Å². The van der Waals surface area contributed by atoms with Crippen LogP contribution in [-0.4, -0.2) is 18.4 Å². The van der Waals surface area contributed by atoms with Crippen LogP contribution in [0.2, 0.25) is 0 Å².